The van der Waals surface area contributed by atoms with Gasteiger partial charge in [-0.1, -0.05) is 37.6 Å². The van der Waals surface area contributed by atoms with Gasteiger partial charge in [0.1, 0.15) is 0 Å². The molecule has 160 valence electrons. The number of carbonyl (C=O) groups excluding carboxylic acids is 1. The minimum atomic E-state index is -0.0939. The van der Waals surface area contributed by atoms with Crippen LogP contribution < -0.4 is 9.64 Å². The zero-order valence-corrected chi connectivity index (χ0v) is 18.9. The molecule has 7 nitrogen and oxygen atoms in total. The van der Waals surface area contributed by atoms with E-state index in [9.17, 15) is 4.79 Å². The van der Waals surface area contributed by atoms with E-state index in [1.807, 2.05) is 43.5 Å². The Labute approximate surface area is 182 Å². The van der Waals surface area contributed by atoms with Gasteiger partial charge in [-0.15, -0.1) is 0 Å². The van der Waals surface area contributed by atoms with Crippen LogP contribution in [-0.2, 0) is 6.54 Å². The lowest BCUT2D eigenvalue weighted by Gasteiger charge is -2.32. The van der Waals surface area contributed by atoms with Crippen molar-refractivity contribution in [1.29, 1.82) is 0 Å². The molecule has 0 aliphatic carbocycles. The highest BCUT2D eigenvalue weighted by atomic mass is 35.5. The van der Waals surface area contributed by atoms with Crippen LogP contribution in [0.25, 0.3) is 0 Å². The molecule has 4 rings (SSSR count). The van der Waals surface area contributed by atoms with Gasteiger partial charge in [-0.05, 0) is 43.9 Å². The second-order valence-corrected chi connectivity index (χ2v) is 8.48. The van der Waals surface area contributed by atoms with Gasteiger partial charge in [-0.2, -0.15) is 4.98 Å². The molecule has 2 aliphatic rings. The normalized spacial score (nSPS) is 18.0. The average molecular weight is 430 g/mol. The number of imidazole rings is 1. The van der Waals surface area contributed by atoms with Crippen molar-refractivity contribution in [2.24, 2.45) is 10.9 Å². The van der Waals surface area contributed by atoms with Crippen LogP contribution in [0, 0.1) is 12.8 Å². The number of carbonyl (C=O) groups is 1. The van der Waals surface area contributed by atoms with Gasteiger partial charge in [0, 0.05) is 11.6 Å². The lowest BCUT2D eigenvalue weighted by molar-refractivity contribution is 0.0835. The van der Waals surface area contributed by atoms with Crippen LogP contribution in [0.15, 0.2) is 23.2 Å². The number of rotatable bonds is 6. The number of anilines is 1. The first-order valence-corrected chi connectivity index (χ1v) is 10.9. The Hall–Kier alpha value is -2.54. The Bertz CT molecular complexity index is 1010. The molecule has 0 unspecified atom stereocenters. The maximum Gasteiger partial charge on any atom is 0.299 e. The van der Waals surface area contributed by atoms with Gasteiger partial charge in [0.2, 0.25) is 5.96 Å². The number of nitrogens with zero attached hydrogens (tertiary/aromatic N) is 5. The number of benzene rings is 1. The molecule has 0 radical (unpaired) electrons. The zero-order valence-electron chi connectivity index (χ0n) is 18.1. The Balaban J connectivity index is 1.82. The number of aromatic nitrogens is 2. The third-order valence-corrected chi connectivity index (χ3v) is 6.09. The highest BCUT2D eigenvalue weighted by Crippen LogP contribution is 2.36. The molecule has 0 fully saturated rings. The van der Waals surface area contributed by atoms with Crippen molar-refractivity contribution >= 4 is 29.3 Å². The van der Waals surface area contributed by atoms with Gasteiger partial charge in [0.05, 0.1) is 25.7 Å². The molecule has 0 saturated carbocycles. The number of halogens is 1. The standard InChI is InChI=1S/C22H28ClN5O2/c1-6-26-20(29)18-19(28-12-17(13(3)4)24-21(26)28)25-22(30-7-2)27(18)11-15-9-8-14(5)16(23)10-15/h8-10,13,17H,6-7,11-12H2,1-5H3/t17-/m0/s1. The summed E-state index contributed by atoms with van der Waals surface area (Å²) in [4.78, 5) is 26.9. The fourth-order valence-electron chi connectivity index (χ4n) is 3.91. The minimum absolute atomic E-state index is 0.0939. The van der Waals surface area contributed by atoms with Gasteiger partial charge < -0.3 is 4.74 Å². The van der Waals surface area contributed by atoms with E-state index in [4.69, 9.17) is 26.3 Å². The quantitative estimate of drug-likeness (QED) is 0.697. The minimum Gasteiger partial charge on any atom is -0.465 e. The van der Waals surface area contributed by atoms with E-state index in [0.717, 1.165) is 11.1 Å². The monoisotopic (exact) mass is 429 g/mol. The number of hydrogen-bond acceptors (Lipinski definition) is 5. The summed E-state index contributed by atoms with van der Waals surface area (Å²) in [6.45, 7) is 12.3. The number of fused-ring (bicyclic) bond motifs is 3. The molecule has 0 N–H and O–H groups in total. The molecule has 0 bridgehead atoms. The highest BCUT2D eigenvalue weighted by molar-refractivity contribution is 6.31. The Morgan fingerprint density at radius 2 is 2.07 bits per heavy atom. The first-order valence-electron chi connectivity index (χ1n) is 10.5. The van der Waals surface area contributed by atoms with E-state index in [1.165, 1.54) is 0 Å². The molecule has 0 spiro atoms. The molecule has 1 aromatic heterocycles. The fraction of sp³-hybridized carbons (Fsp3) is 0.500. The third kappa shape index (κ3) is 3.35. The number of amides is 1. The lowest BCUT2D eigenvalue weighted by atomic mass is 10.1. The van der Waals surface area contributed by atoms with Crippen molar-refractivity contribution in [3.63, 3.8) is 0 Å². The summed E-state index contributed by atoms with van der Waals surface area (Å²) < 4.78 is 7.70. The molecular formula is C22H28ClN5O2. The van der Waals surface area contributed by atoms with Crippen molar-refractivity contribution in [1.82, 2.24) is 14.5 Å². The van der Waals surface area contributed by atoms with Crippen molar-refractivity contribution in [2.75, 3.05) is 24.6 Å². The number of hydrogen-bond donors (Lipinski definition) is 0. The SMILES string of the molecule is CCOc1nc2c(n1Cc1ccc(C)c(Cl)c1)C(=O)N(CC)C1=N[C@H](C(C)C)CN12. The van der Waals surface area contributed by atoms with Gasteiger partial charge in [0.15, 0.2) is 11.5 Å². The molecule has 30 heavy (non-hydrogen) atoms. The first kappa shape index (κ1) is 20.7. The second kappa shape index (κ2) is 7.95. The summed E-state index contributed by atoms with van der Waals surface area (Å²) in [5.74, 6) is 1.61. The van der Waals surface area contributed by atoms with Gasteiger partial charge >= 0.3 is 0 Å². The largest absolute Gasteiger partial charge is 0.465 e. The molecule has 2 aliphatic heterocycles. The van der Waals surface area contributed by atoms with Crippen molar-refractivity contribution < 1.29 is 9.53 Å². The number of ether oxygens (including phenoxy) is 1. The molecule has 8 heteroatoms. The molecule has 1 aromatic carbocycles. The number of aryl methyl sites for hydroxylation is 1. The van der Waals surface area contributed by atoms with E-state index in [-0.39, 0.29) is 11.9 Å². The molecule has 2 aromatic rings. The van der Waals surface area contributed by atoms with Crippen LogP contribution in [0.4, 0.5) is 5.82 Å². The summed E-state index contributed by atoms with van der Waals surface area (Å²) >= 11 is 6.34. The van der Waals surface area contributed by atoms with Gasteiger partial charge in [-0.3, -0.25) is 19.2 Å². The summed E-state index contributed by atoms with van der Waals surface area (Å²) in [7, 11) is 0. The topological polar surface area (TPSA) is 63.0 Å². The number of aliphatic imine (C=N–C) groups is 1. The molecule has 3 heterocycles. The van der Waals surface area contributed by atoms with Gasteiger partial charge in [0.25, 0.3) is 11.9 Å². The first-order chi connectivity index (χ1) is 14.3. The summed E-state index contributed by atoms with van der Waals surface area (Å²) in [6.07, 6.45) is 0. The van der Waals surface area contributed by atoms with E-state index in [1.54, 1.807) is 4.90 Å². The maximum absolute atomic E-state index is 13.5. The van der Waals surface area contributed by atoms with E-state index in [2.05, 4.69) is 18.7 Å². The fourth-order valence-corrected chi connectivity index (χ4v) is 4.11. The number of guanidine groups is 1. The van der Waals surface area contributed by atoms with E-state index < -0.39 is 0 Å². The molecule has 1 atom stereocenters. The Morgan fingerprint density at radius 3 is 2.70 bits per heavy atom. The summed E-state index contributed by atoms with van der Waals surface area (Å²) in [6, 6.07) is 6.51. The lowest BCUT2D eigenvalue weighted by Crippen LogP contribution is -2.50. The summed E-state index contributed by atoms with van der Waals surface area (Å²) in [5, 5.41) is 0.703. The van der Waals surface area contributed by atoms with Crippen molar-refractivity contribution in [3.8, 4) is 6.01 Å². The van der Waals surface area contributed by atoms with Crippen LogP contribution in [0.3, 0.4) is 0 Å². The maximum atomic E-state index is 13.5. The van der Waals surface area contributed by atoms with Crippen molar-refractivity contribution in [2.45, 2.75) is 47.2 Å². The molecular weight excluding hydrogens is 402 g/mol. The smallest absolute Gasteiger partial charge is 0.299 e. The zero-order chi connectivity index (χ0) is 21.6. The van der Waals surface area contributed by atoms with Crippen LogP contribution in [0.2, 0.25) is 5.02 Å². The Kier molecular flexibility index (Phi) is 5.49. The second-order valence-electron chi connectivity index (χ2n) is 8.07. The van der Waals surface area contributed by atoms with Crippen LogP contribution in [-0.4, -0.2) is 52.1 Å². The van der Waals surface area contributed by atoms with Crippen molar-refractivity contribution in [3.05, 3.63) is 40.0 Å². The van der Waals surface area contributed by atoms with Crippen LogP contribution in [0.1, 0.15) is 49.3 Å². The van der Waals surface area contributed by atoms with Crippen LogP contribution in [0.5, 0.6) is 6.01 Å². The molecule has 0 saturated heterocycles. The van der Waals surface area contributed by atoms with Crippen LogP contribution >= 0.6 is 11.6 Å². The predicted molar refractivity (Wildman–Crippen MR) is 119 cm³/mol. The summed E-state index contributed by atoms with van der Waals surface area (Å²) in [5.41, 5.74) is 2.55. The van der Waals surface area contributed by atoms with E-state index in [0.29, 0.717) is 60.7 Å². The highest BCUT2D eigenvalue weighted by Gasteiger charge is 2.44. The predicted octanol–water partition coefficient (Wildman–Crippen LogP) is 3.97. The molecule has 1 amide bonds. The third-order valence-electron chi connectivity index (χ3n) is 5.69. The Morgan fingerprint density at radius 1 is 1.30 bits per heavy atom. The van der Waals surface area contributed by atoms with E-state index >= 15 is 0 Å². The average Bonchev–Trinajstić information content (AvgIpc) is 3.28. The van der Waals surface area contributed by atoms with Gasteiger partial charge in [-0.25, -0.2) is 4.99 Å².